The summed E-state index contributed by atoms with van der Waals surface area (Å²) in [4.78, 5) is 13.9. The first kappa shape index (κ1) is 26.4. The summed E-state index contributed by atoms with van der Waals surface area (Å²) in [7, 11) is 0. The fraction of sp³-hybridized carbons (Fsp3) is 0.346. The number of aromatic nitrogens is 4. The van der Waals surface area contributed by atoms with Crippen LogP contribution in [0.25, 0.3) is 22.3 Å². The summed E-state index contributed by atoms with van der Waals surface area (Å²) in [6, 6.07) is 16.3. The molecule has 1 aliphatic rings. The largest absolute Gasteiger partial charge is 0.396 e. The minimum atomic E-state index is -1.32. The average molecular weight is 539 g/mol. The smallest absolute Gasteiger partial charge is 0.207 e. The summed E-state index contributed by atoms with van der Waals surface area (Å²) >= 11 is 1.69. The van der Waals surface area contributed by atoms with Gasteiger partial charge in [0.15, 0.2) is 23.2 Å². The van der Waals surface area contributed by atoms with Crippen LogP contribution < -0.4 is 11.1 Å². The molecule has 4 atom stereocenters. The van der Waals surface area contributed by atoms with Gasteiger partial charge in [-0.05, 0) is 29.2 Å². The van der Waals surface area contributed by atoms with Crippen molar-refractivity contribution in [3.05, 3.63) is 60.4 Å². The van der Waals surface area contributed by atoms with Crippen molar-refractivity contribution >= 4 is 34.7 Å². The van der Waals surface area contributed by atoms with E-state index in [1.54, 1.807) is 11.8 Å². The van der Waals surface area contributed by atoms with Gasteiger partial charge in [-0.1, -0.05) is 42.5 Å². The van der Waals surface area contributed by atoms with Crippen molar-refractivity contribution in [1.29, 1.82) is 0 Å². The zero-order chi connectivity index (χ0) is 26.6. The number of hydrogen-bond acceptors (Lipinski definition) is 11. The van der Waals surface area contributed by atoms with Crippen LogP contribution in [0.2, 0.25) is 0 Å². The van der Waals surface area contributed by atoms with Crippen molar-refractivity contribution in [3.63, 3.8) is 0 Å². The van der Waals surface area contributed by atoms with Crippen LogP contribution in [0.15, 0.2) is 59.8 Å². The highest BCUT2D eigenvalue weighted by Crippen LogP contribution is 2.36. The summed E-state index contributed by atoms with van der Waals surface area (Å²) in [6.45, 7) is 0.0674. The summed E-state index contributed by atoms with van der Waals surface area (Å²) < 4.78 is 7.30. The Labute approximate surface area is 223 Å². The predicted octanol–water partition coefficient (Wildman–Crippen LogP) is 1.77. The van der Waals surface area contributed by atoms with E-state index < -0.39 is 31.1 Å². The molecule has 2 aromatic carbocycles. The lowest BCUT2D eigenvalue weighted by atomic mass is 10.0. The first-order chi connectivity index (χ1) is 18.5. The van der Waals surface area contributed by atoms with E-state index in [9.17, 15) is 20.4 Å². The van der Waals surface area contributed by atoms with Gasteiger partial charge in [0.2, 0.25) is 5.95 Å². The number of rotatable bonds is 10. The fourth-order valence-corrected chi connectivity index (χ4v) is 5.53. The van der Waals surface area contributed by atoms with Crippen molar-refractivity contribution in [2.24, 2.45) is 0 Å². The standard InChI is InChI=1S/C26H30N6O5S/c27-23-20-24(30-14-29-23)32(25-22(36)21(35)18(13-34)37-25)26(31-20)28-12-15-7-8-17(16-5-2-1-3-6-16)19(11-15)38-10-4-9-33/h1-3,5-8,11,14,18,21-22,25,33-36H,4,9-10,12-13H2,(H,28,31)(H2,27,29,30)/t18-,21-,22-,25-/m1/s1. The minimum absolute atomic E-state index is 0.137. The molecule has 3 heterocycles. The Morgan fingerprint density at radius 3 is 2.61 bits per heavy atom. The Kier molecular flexibility index (Phi) is 8.07. The van der Waals surface area contributed by atoms with Crippen LogP contribution in [0.4, 0.5) is 11.8 Å². The molecule has 1 saturated heterocycles. The third-order valence-electron chi connectivity index (χ3n) is 6.42. The number of aliphatic hydroxyl groups is 4. The Balaban J connectivity index is 1.46. The zero-order valence-corrected chi connectivity index (χ0v) is 21.3. The van der Waals surface area contributed by atoms with Gasteiger partial charge >= 0.3 is 0 Å². The zero-order valence-electron chi connectivity index (χ0n) is 20.5. The van der Waals surface area contributed by atoms with Gasteiger partial charge in [0.25, 0.3) is 0 Å². The number of nitrogens with two attached hydrogens (primary N) is 1. The number of nitrogens with zero attached hydrogens (tertiary/aromatic N) is 4. The molecule has 12 heteroatoms. The van der Waals surface area contributed by atoms with E-state index in [2.05, 4.69) is 44.5 Å². The van der Waals surface area contributed by atoms with E-state index in [1.165, 1.54) is 10.9 Å². The fourth-order valence-electron chi connectivity index (χ4n) is 4.47. The van der Waals surface area contributed by atoms with Gasteiger partial charge in [-0.3, -0.25) is 4.57 Å². The molecule has 2 aromatic heterocycles. The number of imidazole rings is 1. The number of nitrogen functional groups attached to an aromatic ring is 1. The van der Waals surface area contributed by atoms with Crippen LogP contribution >= 0.6 is 11.8 Å². The highest BCUT2D eigenvalue weighted by atomic mass is 32.2. The second-order valence-corrected chi connectivity index (χ2v) is 10.1. The first-order valence-corrected chi connectivity index (χ1v) is 13.3. The van der Waals surface area contributed by atoms with Gasteiger partial charge in [-0.2, -0.15) is 0 Å². The van der Waals surface area contributed by atoms with Crippen LogP contribution in [0.5, 0.6) is 0 Å². The molecule has 1 aliphatic heterocycles. The maximum atomic E-state index is 10.7. The summed E-state index contributed by atoms with van der Waals surface area (Å²) in [5.74, 6) is 1.27. The Morgan fingerprint density at radius 2 is 1.87 bits per heavy atom. The number of benzene rings is 2. The lowest BCUT2D eigenvalue weighted by Crippen LogP contribution is -2.33. The van der Waals surface area contributed by atoms with Crippen LogP contribution in [0, 0.1) is 0 Å². The normalized spacial score (nSPS) is 21.3. The SMILES string of the molecule is Nc1ncnc2c1nc(NCc1ccc(-c3ccccc3)c(SCCCO)c1)n2[C@@H]1O[C@H](CO)[C@@H](O)[C@H]1O. The summed E-state index contributed by atoms with van der Waals surface area (Å²) in [6.07, 6.45) is -2.62. The van der Waals surface area contributed by atoms with Gasteiger partial charge in [-0.25, -0.2) is 15.0 Å². The Hall–Kier alpha value is -3.26. The molecule has 200 valence electrons. The van der Waals surface area contributed by atoms with Gasteiger partial charge in [0.05, 0.1) is 6.61 Å². The summed E-state index contributed by atoms with van der Waals surface area (Å²) in [5, 5.41) is 43.1. The van der Waals surface area contributed by atoms with E-state index in [0.717, 1.165) is 27.3 Å². The average Bonchev–Trinajstić information content (AvgIpc) is 3.45. The quantitative estimate of drug-likeness (QED) is 0.128. The number of fused-ring (bicyclic) bond motifs is 1. The van der Waals surface area contributed by atoms with Crippen LogP contribution in [-0.4, -0.2) is 77.2 Å². The minimum Gasteiger partial charge on any atom is -0.396 e. The molecule has 0 amide bonds. The molecule has 7 N–H and O–H groups in total. The lowest BCUT2D eigenvalue weighted by Gasteiger charge is -2.20. The van der Waals surface area contributed by atoms with Crippen molar-refractivity contribution in [3.8, 4) is 11.1 Å². The van der Waals surface area contributed by atoms with Crippen LogP contribution in [0.1, 0.15) is 18.2 Å². The first-order valence-electron chi connectivity index (χ1n) is 12.3. The maximum absolute atomic E-state index is 10.7. The van der Waals surface area contributed by atoms with E-state index >= 15 is 0 Å². The highest BCUT2D eigenvalue weighted by molar-refractivity contribution is 7.99. The van der Waals surface area contributed by atoms with Gasteiger partial charge in [-0.15, -0.1) is 11.8 Å². The van der Waals surface area contributed by atoms with Crippen molar-refractivity contribution in [2.45, 2.75) is 42.4 Å². The van der Waals surface area contributed by atoms with Gasteiger partial charge in [0, 0.05) is 23.8 Å². The highest BCUT2D eigenvalue weighted by Gasteiger charge is 2.45. The molecule has 0 unspecified atom stereocenters. The molecule has 0 radical (unpaired) electrons. The van der Waals surface area contributed by atoms with Crippen LogP contribution in [-0.2, 0) is 11.3 Å². The lowest BCUT2D eigenvalue weighted by molar-refractivity contribution is -0.0501. The van der Waals surface area contributed by atoms with Gasteiger partial charge in [0.1, 0.15) is 24.6 Å². The molecule has 5 rings (SSSR count). The van der Waals surface area contributed by atoms with Crippen molar-refractivity contribution in [1.82, 2.24) is 19.5 Å². The molecule has 0 bridgehead atoms. The van der Waals surface area contributed by atoms with E-state index in [4.69, 9.17) is 10.5 Å². The van der Waals surface area contributed by atoms with E-state index in [-0.39, 0.29) is 12.4 Å². The topological polar surface area (TPSA) is 172 Å². The van der Waals surface area contributed by atoms with E-state index in [0.29, 0.717) is 30.1 Å². The number of ether oxygens (including phenoxy) is 1. The molecule has 0 aliphatic carbocycles. The number of hydrogen-bond donors (Lipinski definition) is 6. The van der Waals surface area contributed by atoms with Crippen LogP contribution in [0.3, 0.4) is 0 Å². The molecular formula is C26H30N6O5S. The second kappa shape index (κ2) is 11.6. The monoisotopic (exact) mass is 538 g/mol. The van der Waals surface area contributed by atoms with Crippen molar-refractivity contribution in [2.75, 3.05) is 30.0 Å². The number of nitrogens with one attached hydrogen (secondary N) is 1. The predicted molar refractivity (Wildman–Crippen MR) is 144 cm³/mol. The molecule has 38 heavy (non-hydrogen) atoms. The van der Waals surface area contributed by atoms with Crippen molar-refractivity contribution < 1.29 is 25.2 Å². The molecule has 0 spiro atoms. The number of thioether (sulfide) groups is 1. The molecule has 1 fully saturated rings. The Bertz CT molecular complexity index is 1390. The second-order valence-electron chi connectivity index (χ2n) is 8.94. The molecule has 4 aromatic rings. The maximum Gasteiger partial charge on any atom is 0.207 e. The number of anilines is 2. The Morgan fingerprint density at radius 1 is 1.05 bits per heavy atom. The molecular weight excluding hydrogens is 508 g/mol. The molecule has 11 nitrogen and oxygen atoms in total. The summed E-state index contributed by atoms with van der Waals surface area (Å²) in [5.41, 5.74) is 9.90. The van der Waals surface area contributed by atoms with E-state index in [1.807, 2.05) is 24.3 Å². The third-order valence-corrected chi connectivity index (χ3v) is 7.56. The third kappa shape index (κ3) is 5.19. The number of aliphatic hydroxyl groups excluding tert-OH is 4. The van der Waals surface area contributed by atoms with Gasteiger partial charge < -0.3 is 36.2 Å². The molecule has 0 saturated carbocycles.